The van der Waals surface area contributed by atoms with Crippen molar-refractivity contribution in [1.29, 1.82) is 0 Å². The summed E-state index contributed by atoms with van der Waals surface area (Å²) in [5, 5.41) is 2.90. The van der Waals surface area contributed by atoms with E-state index in [-0.39, 0.29) is 5.91 Å². The highest BCUT2D eigenvalue weighted by atomic mass is 16.1. The van der Waals surface area contributed by atoms with E-state index in [1.807, 2.05) is 61.5 Å². The van der Waals surface area contributed by atoms with Crippen molar-refractivity contribution in [1.82, 2.24) is 4.98 Å². The maximum Gasteiger partial charge on any atom is 0.255 e. The first-order valence-electron chi connectivity index (χ1n) is 9.17. The van der Waals surface area contributed by atoms with Gasteiger partial charge >= 0.3 is 0 Å². The molecule has 0 saturated heterocycles. The van der Waals surface area contributed by atoms with Gasteiger partial charge in [-0.05, 0) is 50.6 Å². The number of benzene rings is 2. The van der Waals surface area contributed by atoms with Gasteiger partial charge < -0.3 is 10.2 Å². The van der Waals surface area contributed by atoms with Gasteiger partial charge in [0.1, 0.15) is 5.82 Å². The van der Waals surface area contributed by atoms with Crippen LogP contribution >= 0.6 is 0 Å². The molecule has 2 aromatic carbocycles. The second-order valence-electron chi connectivity index (χ2n) is 6.93. The van der Waals surface area contributed by atoms with Gasteiger partial charge in [-0.1, -0.05) is 48.0 Å². The molecular formula is C23H25N3O. The number of anilines is 2. The molecule has 0 atom stereocenters. The summed E-state index contributed by atoms with van der Waals surface area (Å²) in [4.78, 5) is 19.1. The Labute approximate surface area is 160 Å². The van der Waals surface area contributed by atoms with Gasteiger partial charge in [-0.2, -0.15) is 0 Å². The summed E-state index contributed by atoms with van der Waals surface area (Å²) in [6.45, 7) is 7.09. The third kappa shape index (κ3) is 4.94. The van der Waals surface area contributed by atoms with Crippen LogP contribution in [0.2, 0.25) is 0 Å². The molecule has 3 rings (SSSR count). The van der Waals surface area contributed by atoms with Gasteiger partial charge in [-0.15, -0.1) is 0 Å². The van der Waals surface area contributed by atoms with Gasteiger partial charge in [0.25, 0.3) is 5.91 Å². The van der Waals surface area contributed by atoms with Crippen LogP contribution < -0.4 is 10.2 Å². The lowest BCUT2D eigenvalue weighted by molar-refractivity contribution is 0.102. The van der Waals surface area contributed by atoms with E-state index in [9.17, 15) is 4.79 Å². The van der Waals surface area contributed by atoms with E-state index in [4.69, 9.17) is 0 Å². The molecule has 0 aliphatic carbocycles. The first-order valence-corrected chi connectivity index (χ1v) is 9.17. The predicted octanol–water partition coefficient (Wildman–Crippen LogP) is 5.06. The fraction of sp³-hybridized carbons (Fsp3) is 0.217. The lowest BCUT2D eigenvalue weighted by Crippen LogP contribution is -2.30. The normalized spacial score (nSPS) is 10.7. The second-order valence-corrected chi connectivity index (χ2v) is 6.93. The molecule has 0 spiro atoms. The van der Waals surface area contributed by atoms with E-state index in [0.717, 1.165) is 17.9 Å². The minimum atomic E-state index is -0.130. The van der Waals surface area contributed by atoms with Gasteiger partial charge in [0.2, 0.25) is 0 Å². The number of carbonyl (C=O) groups is 1. The van der Waals surface area contributed by atoms with Crippen molar-refractivity contribution in [3.63, 3.8) is 0 Å². The van der Waals surface area contributed by atoms with Gasteiger partial charge in [0.05, 0.1) is 11.9 Å². The van der Waals surface area contributed by atoms with Gasteiger partial charge in [-0.25, -0.2) is 4.98 Å². The number of hydrogen-bond donors (Lipinski definition) is 1. The van der Waals surface area contributed by atoms with Crippen molar-refractivity contribution >= 4 is 17.4 Å². The largest absolute Gasteiger partial charge is 0.350 e. The van der Waals surface area contributed by atoms with Gasteiger partial charge in [0, 0.05) is 18.2 Å². The van der Waals surface area contributed by atoms with E-state index >= 15 is 0 Å². The highest BCUT2D eigenvalue weighted by Crippen LogP contribution is 2.20. The van der Waals surface area contributed by atoms with Crippen molar-refractivity contribution in [2.45, 2.75) is 33.4 Å². The highest BCUT2D eigenvalue weighted by molar-refractivity contribution is 6.04. The molecule has 1 amide bonds. The van der Waals surface area contributed by atoms with Crippen LogP contribution in [0.5, 0.6) is 0 Å². The summed E-state index contributed by atoms with van der Waals surface area (Å²) in [5.74, 6) is 0.761. The molecule has 0 saturated carbocycles. The first kappa shape index (κ1) is 18.6. The number of nitrogens with one attached hydrogen (secondary N) is 1. The fourth-order valence-corrected chi connectivity index (χ4v) is 2.85. The van der Waals surface area contributed by atoms with Gasteiger partial charge in [0.15, 0.2) is 0 Å². The minimum Gasteiger partial charge on any atom is -0.350 e. The minimum absolute atomic E-state index is 0.130. The molecule has 0 fully saturated rings. The van der Waals surface area contributed by atoms with Crippen molar-refractivity contribution < 1.29 is 4.79 Å². The summed E-state index contributed by atoms with van der Waals surface area (Å²) < 4.78 is 0. The second kappa shape index (κ2) is 8.49. The summed E-state index contributed by atoms with van der Waals surface area (Å²) in [7, 11) is 0. The van der Waals surface area contributed by atoms with Crippen LogP contribution in [0.25, 0.3) is 0 Å². The van der Waals surface area contributed by atoms with E-state index in [1.54, 1.807) is 6.20 Å². The molecule has 4 nitrogen and oxygen atoms in total. The third-order valence-electron chi connectivity index (χ3n) is 4.43. The summed E-state index contributed by atoms with van der Waals surface area (Å²) in [5.41, 5.74) is 3.69. The lowest BCUT2D eigenvalue weighted by atomic mass is 10.1. The maximum atomic E-state index is 12.3. The summed E-state index contributed by atoms with van der Waals surface area (Å²) >= 11 is 0. The van der Waals surface area contributed by atoms with Crippen molar-refractivity contribution in [3.05, 3.63) is 89.6 Å². The van der Waals surface area contributed by atoms with Crippen molar-refractivity contribution in [2.75, 3.05) is 10.2 Å². The number of rotatable bonds is 6. The number of amides is 1. The van der Waals surface area contributed by atoms with Crippen LogP contribution in [0.3, 0.4) is 0 Å². The molecule has 1 heterocycles. The van der Waals surface area contributed by atoms with E-state index in [1.165, 1.54) is 5.56 Å². The van der Waals surface area contributed by atoms with E-state index < -0.39 is 0 Å². The maximum absolute atomic E-state index is 12.3. The predicted molar refractivity (Wildman–Crippen MR) is 111 cm³/mol. The van der Waals surface area contributed by atoms with Crippen LogP contribution in [0.15, 0.2) is 72.9 Å². The Bertz CT molecular complexity index is 872. The Hall–Kier alpha value is -3.14. The van der Waals surface area contributed by atoms with Crippen LogP contribution in [0.4, 0.5) is 11.5 Å². The molecule has 27 heavy (non-hydrogen) atoms. The number of aromatic nitrogens is 1. The standard InChI is InChI=1S/C23H25N3O/c1-17(2)26(16-19-7-5-4-6-8-19)22-14-13-21(15-24-22)25-23(27)20-11-9-18(3)10-12-20/h4-15,17H,16H2,1-3H3,(H,25,27). The number of hydrogen-bond acceptors (Lipinski definition) is 3. The van der Waals surface area contributed by atoms with Crippen LogP contribution in [0, 0.1) is 6.92 Å². The Morgan fingerprint density at radius 3 is 2.30 bits per heavy atom. The molecule has 4 heteroatoms. The third-order valence-corrected chi connectivity index (χ3v) is 4.43. The number of aryl methyl sites for hydroxylation is 1. The summed E-state index contributed by atoms with van der Waals surface area (Å²) in [6.07, 6.45) is 1.71. The molecule has 0 unspecified atom stereocenters. The monoisotopic (exact) mass is 359 g/mol. The van der Waals surface area contributed by atoms with Crippen molar-refractivity contribution in [3.8, 4) is 0 Å². The molecule has 0 aliphatic rings. The molecule has 1 aromatic heterocycles. The van der Waals surface area contributed by atoms with Crippen LogP contribution in [-0.4, -0.2) is 16.9 Å². The zero-order chi connectivity index (χ0) is 19.2. The molecule has 3 aromatic rings. The first-order chi connectivity index (χ1) is 13.0. The number of nitrogens with zero attached hydrogens (tertiary/aromatic N) is 2. The molecule has 0 radical (unpaired) electrons. The zero-order valence-corrected chi connectivity index (χ0v) is 16.0. The smallest absolute Gasteiger partial charge is 0.255 e. The molecule has 138 valence electrons. The average Bonchev–Trinajstić information content (AvgIpc) is 2.68. The molecule has 0 aliphatic heterocycles. The number of pyridine rings is 1. The SMILES string of the molecule is Cc1ccc(C(=O)Nc2ccc(N(Cc3ccccc3)C(C)C)nc2)cc1. The Morgan fingerprint density at radius 2 is 1.70 bits per heavy atom. The lowest BCUT2D eigenvalue weighted by Gasteiger charge is -2.28. The van der Waals surface area contributed by atoms with Crippen LogP contribution in [-0.2, 0) is 6.54 Å². The molecular weight excluding hydrogens is 334 g/mol. The summed E-state index contributed by atoms with van der Waals surface area (Å²) in [6, 6.07) is 22.0. The molecule has 1 N–H and O–H groups in total. The van der Waals surface area contributed by atoms with Crippen LogP contribution in [0.1, 0.15) is 35.3 Å². The Balaban J connectivity index is 1.71. The van der Waals surface area contributed by atoms with Crippen molar-refractivity contribution in [2.24, 2.45) is 0 Å². The number of carbonyl (C=O) groups excluding carboxylic acids is 1. The zero-order valence-electron chi connectivity index (χ0n) is 16.0. The Morgan fingerprint density at radius 1 is 1.00 bits per heavy atom. The van der Waals surface area contributed by atoms with E-state index in [0.29, 0.717) is 17.3 Å². The highest BCUT2D eigenvalue weighted by Gasteiger charge is 2.13. The molecule has 0 bridgehead atoms. The topological polar surface area (TPSA) is 45.2 Å². The van der Waals surface area contributed by atoms with Gasteiger partial charge in [-0.3, -0.25) is 4.79 Å². The Kier molecular flexibility index (Phi) is 5.87. The average molecular weight is 359 g/mol. The quantitative estimate of drug-likeness (QED) is 0.669. The van der Waals surface area contributed by atoms with E-state index in [2.05, 4.69) is 41.2 Å². The fourth-order valence-electron chi connectivity index (χ4n) is 2.85.